The second kappa shape index (κ2) is 17.8. The van der Waals surface area contributed by atoms with Crippen LogP contribution >= 0.6 is 47.6 Å². The summed E-state index contributed by atoms with van der Waals surface area (Å²) in [6.07, 6.45) is 12.7. The molecule has 186 valence electrons. The smallest absolute Gasteiger partial charge is 0.170 e. The number of nitrogens with one attached hydrogen (secondary N) is 4. The van der Waals surface area contributed by atoms with E-state index in [4.69, 9.17) is 47.6 Å². The van der Waals surface area contributed by atoms with E-state index < -0.39 is 0 Å². The Morgan fingerprint density at radius 3 is 1.12 bits per heavy atom. The van der Waals surface area contributed by atoms with Crippen LogP contribution in [0.25, 0.3) is 0 Å². The normalized spacial score (nSPS) is 10.5. The summed E-state index contributed by atoms with van der Waals surface area (Å²) in [4.78, 5) is 0. The SMILES string of the molecule is S=C(NCCCCCCCCCCCCNC(=S)Nc1ccc(Cl)cc1)Nc1ccc(Cl)cc1. The van der Waals surface area contributed by atoms with E-state index >= 15 is 0 Å². The standard InChI is InChI=1S/C26H36Cl2N4S2/c27-21-11-15-23(16-12-21)31-25(33)29-19-9-7-5-3-1-2-4-6-8-10-20-30-26(34)32-24-17-13-22(28)14-18-24/h11-18H,1-10,19-20H2,(H2,29,31,33)(H2,30,32,34). The molecule has 0 aliphatic carbocycles. The number of anilines is 2. The molecule has 0 amide bonds. The zero-order chi connectivity index (χ0) is 24.4. The minimum atomic E-state index is 0.664. The predicted molar refractivity (Wildman–Crippen MR) is 158 cm³/mol. The van der Waals surface area contributed by atoms with E-state index in [1.54, 1.807) is 0 Å². The molecule has 0 saturated heterocycles. The van der Waals surface area contributed by atoms with Crippen LogP contribution in [-0.2, 0) is 0 Å². The molecule has 0 atom stereocenters. The first kappa shape index (κ1) is 28.6. The van der Waals surface area contributed by atoms with E-state index in [1.807, 2.05) is 48.5 Å². The molecule has 0 aliphatic heterocycles. The zero-order valence-corrected chi connectivity index (χ0v) is 22.8. The van der Waals surface area contributed by atoms with Gasteiger partial charge in [0.25, 0.3) is 0 Å². The van der Waals surface area contributed by atoms with Crippen molar-refractivity contribution in [3.05, 3.63) is 58.6 Å². The molecule has 2 aromatic rings. The van der Waals surface area contributed by atoms with Gasteiger partial charge in [-0.2, -0.15) is 0 Å². The molecule has 0 bridgehead atoms. The number of rotatable bonds is 15. The minimum absolute atomic E-state index is 0.664. The van der Waals surface area contributed by atoms with Crippen molar-refractivity contribution in [2.75, 3.05) is 23.7 Å². The van der Waals surface area contributed by atoms with E-state index in [0.29, 0.717) is 10.2 Å². The monoisotopic (exact) mass is 538 g/mol. The first-order valence-electron chi connectivity index (χ1n) is 12.1. The quantitative estimate of drug-likeness (QED) is 0.135. The summed E-state index contributed by atoms with van der Waals surface area (Å²) in [7, 11) is 0. The second-order valence-electron chi connectivity index (χ2n) is 8.31. The molecule has 0 saturated carbocycles. The highest BCUT2D eigenvalue weighted by Gasteiger charge is 1.99. The maximum absolute atomic E-state index is 5.89. The van der Waals surface area contributed by atoms with Crippen LogP contribution in [0.5, 0.6) is 0 Å². The summed E-state index contributed by atoms with van der Waals surface area (Å²) in [6, 6.07) is 15.1. The maximum Gasteiger partial charge on any atom is 0.170 e. The molecular formula is C26H36Cl2N4S2. The van der Waals surface area contributed by atoms with Crippen LogP contribution in [0.4, 0.5) is 11.4 Å². The average molecular weight is 540 g/mol. The van der Waals surface area contributed by atoms with E-state index in [-0.39, 0.29) is 0 Å². The number of hydrogen-bond donors (Lipinski definition) is 4. The van der Waals surface area contributed by atoms with Crippen molar-refractivity contribution in [2.45, 2.75) is 64.2 Å². The van der Waals surface area contributed by atoms with Gasteiger partial charge in [0.15, 0.2) is 10.2 Å². The molecule has 0 unspecified atom stereocenters. The number of benzene rings is 2. The Bertz CT molecular complexity index is 773. The van der Waals surface area contributed by atoms with Crippen LogP contribution in [0, 0.1) is 0 Å². The third kappa shape index (κ3) is 14.0. The molecule has 0 radical (unpaired) electrons. The van der Waals surface area contributed by atoms with Crippen LogP contribution in [0.15, 0.2) is 48.5 Å². The van der Waals surface area contributed by atoms with Crippen LogP contribution < -0.4 is 21.3 Å². The summed E-state index contributed by atoms with van der Waals surface area (Å²) in [5, 5.41) is 15.7. The fraction of sp³-hybridized carbons (Fsp3) is 0.462. The molecule has 0 spiro atoms. The van der Waals surface area contributed by atoms with Crippen molar-refractivity contribution in [1.29, 1.82) is 0 Å². The lowest BCUT2D eigenvalue weighted by Crippen LogP contribution is -2.29. The first-order valence-corrected chi connectivity index (χ1v) is 13.7. The van der Waals surface area contributed by atoms with Crippen molar-refractivity contribution in [3.63, 3.8) is 0 Å². The Balaban J connectivity index is 1.32. The summed E-state index contributed by atoms with van der Waals surface area (Å²) in [5.74, 6) is 0. The molecule has 2 aromatic carbocycles. The van der Waals surface area contributed by atoms with Crippen LogP contribution in [0.3, 0.4) is 0 Å². The molecule has 4 N–H and O–H groups in total. The summed E-state index contributed by atoms with van der Waals surface area (Å²) in [6.45, 7) is 1.82. The van der Waals surface area contributed by atoms with Crippen molar-refractivity contribution in [2.24, 2.45) is 0 Å². The molecule has 4 nitrogen and oxygen atoms in total. The van der Waals surface area contributed by atoms with Gasteiger partial charge < -0.3 is 21.3 Å². The first-order chi connectivity index (χ1) is 16.5. The molecule has 34 heavy (non-hydrogen) atoms. The van der Waals surface area contributed by atoms with Crippen molar-refractivity contribution in [1.82, 2.24) is 10.6 Å². The van der Waals surface area contributed by atoms with Gasteiger partial charge in [0.1, 0.15) is 0 Å². The Hall–Kier alpha value is -1.60. The number of unbranched alkanes of at least 4 members (excludes halogenated alkanes) is 9. The fourth-order valence-electron chi connectivity index (χ4n) is 3.49. The Labute approximate surface area is 225 Å². The molecule has 0 heterocycles. The number of hydrogen-bond acceptors (Lipinski definition) is 2. The van der Waals surface area contributed by atoms with Gasteiger partial charge >= 0.3 is 0 Å². The molecule has 0 aliphatic rings. The Kier molecular flexibility index (Phi) is 15.0. The molecule has 0 aromatic heterocycles. The third-order valence-corrected chi connectivity index (χ3v) is 6.38. The number of halogens is 2. The Morgan fingerprint density at radius 1 is 0.500 bits per heavy atom. The third-order valence-electron chi connectivity index (χ3n) is 5.38. The maximum atomic E-state index is 5.89. The fourth-order valence-corrected chi connectivity index (χ4v) is 4.18. The predicted octanol–water partition coefficient (Wildman–Crippen LogP) is 8.17. The number of thiocarbonyl (C=S) groups is 2. The van der Waals surface area contributed by atoms with Crippen LogP contribution in [0.2, 0.25) is 10.0 Å². The van der Waals surface area contributed by atoms with Crippen LogP contribution in [-0.4, -0.2) is 23.3 Å². The zero-order valence-electron chi connectivity index (χ0n) is 19.7. The summed E-state index contributed by atoms with van der Waals surface area (Å²) in [5.41, 5.74) is 1.90. The minimum Gasteiger partial charge on any atom is -0.362 e. The lowest BCUT2D eigenvalue weighted by molar-refractivity contribution is 0.549. The second-order valence-corrected chi connectivity index (χ2v) is 10.0. The largest absolute Gasteiger partial charge is 0.362 e. The highest BCUT2D eigenvalue weighted by atomic mass is 35.5. The van der Waals surface area contributed by atoms with E-state index in [2.05, 4.69) is 21.3 Å². The van der Waals surface area contributed by atoms with Gasteiger partial charge in [0.05, 0.1) is 0 Å². The van der Waals surface area contributed by atoms with Crippen molar-refractivity contribution in [3.8, 4) is 0 Å². The highest BCUT2D eigenvalue weighted by Crippen LogP contribution is 2.14. The van der Waals surface area contributed by atoms with Gasteiger partial charge in [0, 0.05) is 34.5 Å². The Morgan fingerprint density at radius 2 is 0.794 bits per heavy atom. The van der Waals surface area contributed by atoms with E-state index in [0.717, 1.165) is 47.4 Å². The summed E-state index contributed by atoms with van der Waals surface area (Å²) >= 11 is 22.4. The average Bonchev–Trinajstić information content (AvgIpc) is 2.82. The topological polar surface area (TPSA) is 48.1 Å². The van der Waals surface area contributed by atoms with Gasteiger partial charge in [-0.1, -0.05) is 74.6 Å². The lowest BCUT2D eigenvalue weighted by atomic mass is 10.1. The van der Waals surface area contributed by atoms with Crippen molar-refractivity contribution < 1.29 is 0 Å². The molecule has 0 fully saturated rings. The van der Waals surface area contributed by atoms with Crippen molar-refractivity contribution >= 4 is 69.2 Å². The van der Waals surface area contributed by atoms with Gasteiger partial charge in [-0.05, 0) is 85.8 Å². The molecular weight excluding hydrogens is 503 g/mol. The molecule has 2 rings (SSSR count). The van der Waals surface area contributed by atoms with E-state index in [9.17, 15) is 0 Å². The van der Waals surface area contributed by atoms with Gasteiger partial charge in [0.2, 0.25) is 0 Å². The molecule has 8 heteroatoms. The van der Waals surface area contributed by atoms with E-state index in [1.165, 1.54) is 51.4 Å². The lowest BCUT2D eigenvalue weighted by Gasteiger charge is -2.10. The van der Waals surface area contributed by atoms with Crippen LogP contribution in [0.1, 0.15) is 64.2 Å². The van der Waals surface area contributed by atoms with Gasteiger partial charge in [-0.15, -0.1) is 0 Å². The highest BCUT2D eigenvalue weighted by molar-refractivity contribution is 7.80. The summed E-state index contributed by atoms with van der Waals surface area (Å²) < 4.78 is 0. The van der Waals surface area contributed by atoms with Gasteiger partial charge in [-0.3, -0.25) is 0 Å². The van der Waals surface area contributed by atoms with Gasteiger partial charge in [-0.25, -0.2) is 0 Å².